The van der Waals surface area contributed by atoms with Crippen molar-refractivity contribution in [2.24, 2.45) is 11.5 Å². The minimum Gasteiger partial charge on any atom is -0.459 e. The van der Waals surface area contributed by atoms with E-state index in [-0.39, 0.29) is 6.54 Å². The molecule has 0 saturated carbocycles. The summed E-state index contributed by atoms with van der Waals surface area (Å²) in [6, 6.07) is 0. The van der Waals surface area contributed by atoms with Crippen molar-refractivity contribution in [2.75, 3.05) is 6.54 Å². The highest BCUT2D eigenvalue weighted by Crippen LogP contribution is 2.11. The van der Waals surface area contributed by atoms with Crippen LogP contribution in [0.15, 0.2) is 0 Å². The van der Waals surface area contributed by atoms with E-state index in [1.807, 2.05) is 0 Å². The van der Waals surface area contributed by atoms with Gasteiger partial charge in [-0.2, -0.15) is 0 Å². The molecule has 12 heavy (non-hydrogen) atoms. The van der Waals surface area contributed by atoms with Gasteiger partial charge in [0.25, 0.3) is 0 Å². The van der Waals surface area contributed by atoms with Crippen LogP contribution in [0.5, 0.6) is 0 Å². The normalized spacial score (nSPS) is 16.8. The van der Waals surface area contributed by atoms with Gasteiger partial charge in [-0.25, -0.2) is 4.79 Å². The molecule has 0 aromatic carbocycles. The SMILES string of the molecule is CC(C)(C)OC(=O)[C@](C)(N)CN. The van der Waals surface area contributed by atoms with Crippen molar-refractivity contribution in [3.8, 4) is 0 Å². The van der Waals surface area contributed by atoms with E-state index >= 15 is 0 Å². The smallest absolute Gasteiger partial charge is 0.327 e. The third-order valence-corrected chi connectivity index (χ3v) is 1.29. The molecular formula is C8H18N2O2. The number of ether oxygens (including phenoxy) is 1. The van der Waals surface area contributed by atoms with Crippen molar-refractivity contribution in [1.82, 2.24) is 0 Å². The summed E-state index contributed by atoms with van der Waals surface area (Å²) in [4.78, 5) is 11.3. The molecule has 0 rings (SSSR count). The molecule has 0 heterocycles. The summed E-state index contributed by atoms with van der Waals surface area (Å²) in [5, 5.41) is 0. The zero-order valence-corrected chi connectivity index (χ0v) is 8.18. The fraction of sp³-hybridized carbons (Fsp3) is 0.875. The maximum atomic E-state index is 11.3. The summed E-state index contributed by atoms with van der Waals surface area (Å²) in [6.07, 6.45) is 0. The Morgan fingerprint density at radius 2 is 1.75 bits per heavy atom. The Bertz CT molecular complexity index is 170. The molecule has 0 amide bonds. The Morgan fingerprint density at radius 1 is 1.33 bits per heavy atom. The first kappa shape index (κ1) is 11.4. The van der Waals surface area contributed by atoms with Gasteiger partial charge in [-0.3, -0.25) is 0 Å². The lowest BCUT2D eigenvalue weighted by atomic mass is 10.0. The lowest BCUT2D eigenvalue weighted by Gasteiger charge is -2.27. The van der Waals surface area contributed by atoms with Gasteiger partial charge in [0.15, 0.2) is 0 Å². The van der Waals surface area contributed by atoms with Crippen molar-refractivity contribution in [2.45, 2.75) is 38.8 Å². The van der Waals surface area contributed by atoms with E-state index < -0.39 is 17.1 Å². The van der Waals surface area contributed by atoms with Crippen LogP contribution in [-0.4, -0.2) is 23.7 Å². The van der Waals surface area contributed by atoms with Crippen LogP contribution >= 0.6 is 0 Å². The topological polar surface area (TPSA) is 78.3 Å². The number of nitrogens with two attached hydrogens (primary N) is 2. The van der Waals surface area contributed by atoms with Gasteiger partial charge in [0, 0.05) is 6.54 Å². The second-order valence-electron chi connectivity index (χ2n) is 4.12. The van der Waals surface area contributed by atoms with E-state index in [2.05, 4.69) is 0 Å². The van der Waals surface area contributed by atoms with E-state index in [1.54, 1.807) is 27.7 Å². The highest BCUT2D eigenvalue weighted by molar-refractivity contribution is 5.80. The fourth-order valence-electron chi connectivity index (χ4n) is 0.478. The van der Waals surface area contributed by atoms with Crippen molar-refractivity contribution >= 4 is 5.97 Å². The van der Waals surface area contributed by atoms with Gasteiger partial charge in [0.05, 0.1) is 0 Å². The van der Waals surface area contributed by atoms with Crippen molar-refractivity contribution in [1.29, 1.82) is 0 Å². The van der Waals surface area contributed by atoms with Crippen LogP contribution in [0.25, 0.3) is 0 Å². The predicted octanol–water partition coefficient (Wildman–Crippen LogP) is 0.00420. The largest absolute Gasteiger partial charge is 0.459 e. The monoisotopic (exact) mass is 174 g/mol. The molecule has 0 aliphatic rings. The average molecular weight is 174 g/mol. The quantitative estimate of drug-likeness (QED) is 0.578. The molecule has 0 aromatic heterocycles. The first-order valence-electron chi connectivity index (χ1n) is 3.91. The Hall–Kier alpha value is -0.610. The highest BCUT2D eigenvalue weighted by atomic mass is 16.6. The molecule has 0 aliphatic carbocycles. The van der Waals surface area contributed by atoms with Gasteiger partial charge in [0.1, 0.15) is 11.1 Å². The maximum absolute atomic E-state index is 11.3. The molecule has 0 unspecified atom stereocenters. The van der Waals surface area contributed by atoms with Crippen LogP contribution in [0.4, 0.5) is 0 Å². The number of esters is 1. The third-order valence-electron chi connectivity index (χ3n) is 1.29. The van der Waals surface area contributed by atoms with Gasteiger partial charge in [-0.15, -0.1) is 0 Å². The molecule has 0 fully saturated rings. The Labute approximate surface area is 73.2 Å². The average Bonchev–Trinajstić information content (AvgIpc) is 1.84. The molecule has 1 atom stereocenters. The molecule has 0 aromatic rings. The predicted molar refractivity (Wildman–Crippen MR) is 47.5 cm³/mol. The zero-order valence-electron chi connectivity index (χ0n) is 8.18. The van der Waals surface area contributed by atoms with Crippen LogP contribution in [-0.2, 0) is 9.53 Å². The van der Waals surface area contributed by atoms with E-state index in [0.717, 1.165) is 0 Å². The highest BCUT2D eigenvalue weighted by Gasteiger charge is 2.31. The molecule has 4 N–H and O–H groups in total. The van der Waals surface area contributed by atoms with E-state index in [0.29, 0.717) is 0 Å². The van der Waals surface area contributed by atoms with Crippen molar-refractivity contribution in [3.63, 3.8) is 0 Å². The van der Waals surface area contributed by atoms with Crippen LogP contribution < -0.4 is 11.5 Å². The van der Waals surface area contributed by atoms with Crippen molar-refractivity contribution in [3.05, 3.63) is 0 Å². The summed E-state index contributed by atoms with van der Waals surface area (Å²) >= 11 is 0. The molecule has 0 radical (unpaired) electrons. The summed E-state index contributed by atoms with van der Waals surface area (Å²) in [5.74, 6) is -0.461. The summed E-state index contributed by atoms with van der Waals surface area (Å²) in [7, 11) is 0. The van der Waals surface area contributed by atoms with E-state index in [1.165, 1.54) is 0 Å². The maximum Gasteiger partial charge on any atom is 0.327 e. The number of rotatable bonds is 2. The minimum atomic E-state index is -1.08. The van der Waals surface area contributed by atoms with Gasteiger partial charge in [0.2, 0.25) is 0 Å². The van der Waals surface area contributed by atoms with Gasteiger partial charge >= 0.3 is 5.97 Å². The fourth-order valence-corrected chi connectivity index (χ4v) is 0.478. The standard InChI is InChI=1S/C8H18N2O2/c1-7(2,3)12-6(11)8(4,10)5-9/h5,9-10H2,1-4H3/t8-/m1/s1. The third kappa shape index (κ3) is 3.69. The molecule has 4 heteroatoms. The second-order valence-corrected chi connectivity index (χ2v) is 4.12. The van der Waals surface area contributed by atoms with Gasteiger partial charge in [-0.05, 0) is 27.7 Å². The van der Waals surface area contributed by atoms with Gasteiger partial charge < -0.3 is 16.2 Å². The van der Waals surface area contributed by atoms with Crippen LogP contribution in [0, 0.1) is 0 Å². The number of carbonyl (C=O) groups excluding carboxylic acids is 1. The molecule has 0 spiro atoms. The Kier molecular flexibility index (Phi) is 3.24. The number of carbonyl (C=O) groups is 1. The summed E-state index contributed by atoms with van der Waals surface area (Å²) in [5.41, 5.74) is 9.28. The Balaban J connectivity index is 4.23. The van der Waals surface area contributed by atoms with E-state index in [4.69, 9.17) is 16.2 Å². The van der Waals surface area contributed by atoms with Crippen LogP contribution in [0.2, 0.25) is 0 Å². The van der Waals surface area contributed by atoms with Crippen LogP contribution in [0.3, 0.4) is 0 Å². The molecule has 4 nitrogen and oxygen atoms in total. The molecule has 0 bridgehead atoms. The van der Waals surface area contributed by atoms with E-state index in [9.17, 15) is 4.79 Å². The van der Waals surface area contributed by atoms with Gasteiger partial charge in [-0.1, -0.05) is 0 Å². The van der Waals surface area contributed by atoms with Crippen LogP contribution in [0.1, 0.15) is 27.7 Å². The lowest BCUT2D eigenvalue weighted by Crippen LogP contribution is -2.53. The summed E-state index contributed by atoms with van der Waals surface area (Å²) in [6.45, 7) is 7.01. The Morgan fingerprint density at radius 3 is 2.00 bits per heavy atom. The first-order valence-corrected chi connectivity index (χ1v) is 3.91. The minimum absolute atomic E-state index is 0.0852. The summed E-state index contributed by atoms with van der Waals surface area (Å²) < 4.78 is 5.05. The molecule has 72 valence electrons. The number of hydrogen-bond acceptors (Lipinski definition) is 4. The molecule has 0 saturated heterocycles. The molecule has 0 aliphatic heterocycles. The zero-order chi connectivity index (χ0) is 9.99. The number of hydrogen-bond donors (Lipinski definition) is 2. The lowest BCUT2D eigenvalue weighted by molar-refractivity contribution is -0.160. The first-order chi connectivity index (χ1) is 5.19. The van der Waals surface area contributed by atoms with Crippen molar-refractivity contribution < 1.29 is 9.53 Å². The molecular weight excluding hydrogens is 156 g/mol. The second kappa shape index (κ2) is 3.41.